The smallest absolute Gasteiger partial charge is 0.171 e. The lowest BCUT2D eigenvalue weighted by Gasteiger charge is -2.26. The summed E-state index contributed by atoms with van der Waals surface area (Å²) in [6.45, 7) is 7.24. The van der Waals surface area contributed by atoms with Gasteiger partial charge in [-0.05, 0) is 12.2 Å². The maximum atomic E-state index is 11.4. The van der Waals surface area contributed by atoms with Gasteiger partial charge in [-0.3, -0.25) is 9.59 Å². The molecule has 0 fully saturated rings. The summed E-state index contributed by atoms with van der Waals surface area (Å²) in [5.41, 5.74) is 0. The van der Waals surface area contributed by atoms with Gasteiger partial charge >= 0.3 is 0 Å². The highest BCUT2D eigenvalue weighted by molar-refractivity contribution is 6.11. The highest BCUT2D eigenvalue weighted by Gasteiger charge is 2.28. The molecule has 0 aromatic carbocycles. The summed E-state index contributed by atoms with van der Waals surface area (Å²) in [4.78, 5) is 22.8. The zero-order valence-electron chi connectivity index (χ0n) is 9.12. The molecular weight excluding hydrogens is 178 g/mol. The number of rotatable bonds is 6. The molecule has 0 bridgehead atoms. The van der Waals surface area contributed by atoms with Gasteiger partial charge in [-0.2, -0.15) is 0 Å². The van der Waals surface area contributed by atoms with E-state index in [-0.39, 0.29) is 11.6 Å². The number of quaternary nitrogens is 1. The van der Waals surface area contributed by atoms with Crippen LogP contribution in [0.4, 0.5) is 0 Å². The van der Waals surface area contributed by atoms with Gasteiger partial charge in [-0.25, -0.2) is 0 Å². The van der Waals surface area contributed by atoms with Crippen LogP contribution < -0.4 is 0 Å². The Morgan fingerprint density at radius 2 is 1.50 bits per heavy atom. The van der Waals surface area contributed by atoms with Crippen molar-refractivity contribution in [2.24, 2.45) is 5.92 Å². The predicted molar refractivity (Wildman–Crippen MR) is 56.8 cm³/mol. The molecule has 0 amide bonds. The third-order valence-electron chi connectivity index (χ3n) is 1.82. The first-order valence-corrected chi connectivity index (χ1v) is 4.45. The fourth-order valence-corrected chi connectivity index (χ4v) is 1.15. The van der Waals surface area contributed by atoms with Crippen molar-refractivity contribution in [1.29, 1.82) is 0 Å². The number of hydrogen-bond donors (Lipinski definition) is 0. The molecule has 0 radical (unpaired) electrons. The average Bonchev–Trinajstić information content (AvgIpc) is 2.10. The molecular formula is C11H18NO2+. The second-order valence-corrected chi connectivity index (χ2v) is 4.24. The number of nitrogens with zero attached hydrogens (tertiary/aromatic N) is 1. The molecule has 3 heteroatoms. The Balaban J connectivity index is 4.73. The molecule has 3 nitrogen and oxygen atoms in total. The first-order valence-electron chi connectivity index (χ1n) is 4.45. The number of carbonyl (C=O) groups is 2. The quantitative estimate of drug-likeness (QED) is 0.358. The van der Waals surface area contributed by atoms with E-state index in [4.69, 9.17) is 0 Å². The monoisotopic (exact) mass is 196 g/mol. The molecule has 0 rings (SSSR count). The second kappa shape index (κ2) is 4.86. The Hall–Kier alpha value is -1.22. The van der Waals surface area contributed by atoms with E-state index in [2.05, 4.69) is 13.2 Å². The zero-order chi connectivity index (χ0) is 11.4. The Morgan fingerprint density at radius 1 is 1.14 bits per heavy atom. The number of ketones is 2. The van der Waals surface area contributed by atoms with Crippen LogP contribution in [-0.2, 0) is 9.59 Å². The molecule has 0 aromatic rings. The normalized spacial score (nSPS) is 11.1. The summed E-state index contributed by atoms with van der Waals surface area (Å²) in [7, 11) is 5.79. The van der Waals surface area contributed by atoms with Crippen LogP contribution in [0.2, 0.25) is 0 Å². The summed E-state index contributed by atoms with van der Waals surface area (Å²) in [6, 6.07) is 0. The standard InChI is InChI=1S/C11H18NO2/c1-6-10(13)9(11(14)7-2)8-12(3,4)5/h6-7,9H,1-2,8H2,3-5H3/q+1. The van der Waals surface area contributed by atoms with Gasteiger partial charge < -0.3 is 4.48 Å². The summed E-state index contributed by atoms with van der Waals surface area (Å²) in [6.07, 6.45) is 2.39. The van der Waals surface area contributed by atoms with E-state index < -0.39 is 5.92 Å². The van der Waals surface area contributed by atoms with E-state index in [9.17, 15) is 9.59 Å². The SMILES string of the molecule is C=CC(=O)C(C[N+](C)(C)C)C(=O)C=C. The highest BCUT2D eigenvalue weighted by atomic mass is 16.1. The van der Waals surface area contributed by atoms with Crippen molar-refractivity contribution >= 4 is 11.6 Å². The fourth-order valence-electron chi connectivity index (χ4n) is 1.15. The lowest BCUT2D eigenvalue weighted by Crippen LogP contribution is -2.43. The minimum atomic E-state index is -0.634. The van der Waals surface area contributed by atoms with Gasteiger partial charge in [0.25, 0.3) is 0 Å². The van der Waals surface area contributed by atoms with Gasteiger partial charge in [0.2, 0.25) is 0 Å². The Bertz CT molecular complexity index is 241. The molecule has 0 atom stereocenters. The second-order valence-electron chi connectivity index (χ2n) is 4.24. The zero-order valence-corrected chi connectivity index (χ0v) is 9.12. The van der Waals surface area contributed by atoms with E-state index in [0.29, 0.717) is 11.0 Å². The molecule has 0 heterocycles. The van der Waals surface area contributed by atoms with Crippen molar-refractivity contribution in [2.75, 3.05) is 27.7 Å². The average molecular weight is 196 g/mol. The van der Waals surface area contributed by atoms with Crippen LogP contribution in [0.5, 0.6) is 0 Å². The summed E-state index contributed by atoms with van der Waals surface area (Å²) in [5.74, 6) is -1.10. The van der Waals surface area contributed by atoms with Crippen LogP contribution in [0.3, 0.4) is 0 Å². The lowest BCUT2D eigenvalue weighted by molar-refractivity contribution is -0.871. The van der Waals surface area contributed by atoms with Gasteiger partial charge in [0.1, 0.15) is 5.92 Å². The Morgan fingerprint density at radius 3 is 1.71 bits per heavy atom. The third-order valence-corrected chi connectivity index (χ3v) is 1.82. The van der Waals surface area contributed by atoms with Crippen molar-refractivity contribution in [3.8, 4) is 0 Å². The molecule has 0 aliphatic heterocycles. The van der Waals surface area contributed by atoms with Gasteiger partial charge in [0, 0.05) is 0 Å². The van der Waals surface area contributed by atoms with Gasteiger partial charge in [0.15, 0.2) is 11.6 Å². The first-order chi connectivity index (χ1) is 6.31. The Kier molecular flexibility index (Phi) is 4.44. The molecule has 0 N–H and O–H groups in total. The van der Waals surface area contributed by atoms with Crippen molar-refractivity contribution < 1.29 is 14.1 Å². The molecule has 0 aliphatic rings. The van der Waals surface area contributed by atoms with Crippen molar-refractivity contribution in [2.45, 2.75) is 0 Å². The predicted octanol–water partition coefficient (Wildman–Crippen LogP) is 0.819. The minimum absolute atomic E-state index is 0.233. The first kappa shape index (κ1) is 12.8. The summed E-state index contributed by atoms with van der Waals surface area (Å²) >= 11 is 0. The molecule has 0 aliphatic carbocycles. The highest BCUT2D eigenvalue weighted by Crippen LogP contribution is 2.07. The van der Waals surface area contributed by atoms with Gasteiger partial charge in [-0.1, -0.05) is 13.2 Å². The van der Waals surface area contributed by atoms with Crippen molar-refractivity contribution in [1.82, 2.24) is 0 Å². The molecule has 0 spiro atoms. The third kappa shape index (κ3) is 4.14. The van der Waals surface area contributed by atoms with Crippen LogP contribution in [0.25, 0.3) is 0 Å². The van der Waals surface area contributed by atoms with Crippen LogP contribution in [0.1, 0.15) is 0 Å². The Labute approximate surface area is 85.3 Å². The van der Waals surface area contributed by atoms with Crippen LogP contribution in [-0.4, -0.2) is 43.7 Å². The fraction of sp³-hybridized carbons (Fsp3) is 0.455. The number of hydrogen-bond acceptors (Lipinski definition) is 2. The molecule has 78 valence electrons. The largest absolute Gasteiger partial charge is 0.330 e. The maximum Gasteiger partial charge on any atom is 0.171 e. The molecule has 14 heavy (non-hydrogen) atoms. The number of allylic oxidation sites excluding steroid dienone is 2. The minimum Gasteiger partial charge on any atom is -0.330 e. The van der Waals surface area contributed by atoms with E-state index in [1.54, 1.807) is 0 Å². The molecule has 0 unspecified atom stereocenters. The van der Waals surface area contributed by atoms with Crippen LogP contribution >= 0.6 is 0 Å². The van der Waals surface area contributed by atoms with Crippen molar-refractivity contribution in [3.63, 3.8) is 0 Å². The molecule has 0 saturated carbocycles. The van der Waals surface area contributed by atoms with Gasteiger partial charge in [0.05, 0.1) is 27.7 Å². The van der Waals surface area contributed by atoms with E-state index in [0.717, 1.165) is 0 Å². The van der Waals surface area contributed by atoms with E-state index in [1.165, 1.54) is 12.2 Å². The van der Waals surface area contributed by atoms with E-state index >= 15 is 0 Å². The maximum absolute atomic E-state index is 11.4. The topological polar surface area (TPSA) is 34.1 Å². The summed E-state index contributed by atoms with van der Waals surface area (Å²) < 4.78 is 0.559. The number of carbonyl (C=O) groups excluding carboxylic acids is 2. The molecule has 0 saturated heterocycles. The van der Waals surface area contributed by atoms with E-state index in [1.807, 2.05) is 21.1 Å². The van der Waals surface area contributed by atoms with Crippen LogP contribution in [0.15, 0.2) is 25.3 Å². The van der Waals surface area contributed by atoms with Crippen molar-refractivity contribution in [3.05, 3.63) is 25.3 Å². The van der Waals surface area contributed by atoms with Gasteiger partial charge in [-0.15, -0.1) is 0 Å². The molecule has 0 aromatic heterocycles. The summed E-state index contributed by atoms with van der Waals surface area (Å²) in [5, 5.41) is 0. The lowest BCUT2D eigenvalue weighted by atomic mass is 9.97. The van der Waals surface area contributed by atoms with Crippen LogP contribution in [0, 0.1) is 5.92 Å².